The normalized spacial score (nSPS) is 18.1. The van der Waals surface area contributed by atoms with Gasteiger partial charge in [0.15, 0.2) is 5.72 Å². The van der Waals surface area contributed by atoms with Crippen LogP contribution in [0.4, 0.5) is 8.78 Å². The number of nitrogens with one attached hydrogen (secondary N) is 1. The summed E-state index contributed by atoms with van der Waals surface area (Å²) in [4.78, 5) is 14.9. The number of aliphatic hydroxyl groups is 1. The molecular weight excluding hydrogens is 562 g/mol. The van der Waals surface area contributed by atoms with Crippen molar-refractivity contribution in [1.82, 2.24) is 20.0 Å². The Morgan fingerprint density at radius 2 is 1.71 bits per heavy atom. The lowest BCUT2D eigenvalue weighted by Gasteiger charge is -2.42. The number of aromatic nitrogens is 2. The minimum Gasteiger partial charge on any atom is -0.489 e. The molecule has 2 N–H and O–H groups in total. The lowest BCUT2D eigenvalue weighted by Crippen LogP contribution is -2.59. The number of ether oxygens (including phenoxy) is 1. The molecule has 6 rings (SSSR count). The Hall–Kier alpha value is -3.53. The number of carbonyl (C=O) groups is 1. The third kappa shape index (κ3) is 5.25. The minimum atomic E-state index is -3.83. The molecule has 1 aliphatic carbocycles. The smallest absolute Gasteiger partial charge is 0.349 e. The predicted molar refractivity (Wildman–Crippen MR) is 157 cm³/mol. The number of amides is 1. The highest BCUT2D eigenvalue weighted by Crippen LogP contribution is 2.39. The Morgan fingerprint density at radius 3 is 2.38 bits per heavy atom. The molecule has 2 fully saturated rings. The standard InChI is InChI=1S/C32H33ClF2N4O3/c1-20(32(41,39-15-3-4-16-39)25-10-14-29(27(33)18-25)42-26-11-12-26)37-30(40)31(34,35)24-8-5-21(6-9-24)22-7-13-28-23(17-22)19-36-38(28)2/h5-10,13-14,17-20,26,41H,3-4,11-12,15-16H2,1-2H3,(H,37,40)/t20-,32+/m1/s1. The number of fused-ring (bicyclic) bond motifs is 1. The minimum absolute atomic E-state index is 0.144. The number of rotatable bonds is 9. The SMILES string of the molecule is C[C@@H](NC(=O)C(F)(F)c1ccc(-c2ccc3c(cnn3C)c2)cc1)[C@](O)(c1ccc(OC2CC2)c(Cl)c1)N1CCCC1. The molecule has 2 atom stereocenters. The molecule has 1 saturated heterocycles. The quantitative estimate of drug-likeness (QED) is 0.250. The molecule has 10 heteroatoms. The van der Waals surface area contributed by atoms with Crippen LogP contribution in [-0.4, -0.2) is 50.9 Å². The molecule has 1 saturated carbocycles. The van der Waals surface area contributed by atoms with E-state index in [0.717, 1.165) is 47.7 Å². The van der Waals surface area contributed by atoms with Crippen LogP contribution in [0.3, 0.4) is 0 Å². The molecule has 1 aliphatic heterocycles. The van der Waals surface area contributed by atoms with E-state index in [0.29, 0.717) is 29.4 Å². The maximum Gasteiger partial charge on any atom is 0.349 e. The highest BCUT2D eigenvalue weighted by molar-refractivity contribution is 6.32. The zero-order valence-electron chi connectivity index (χ0n) is 23.5. The summed E-state index contributed by atoms with van der Waals surface area (Å²) in [5, 5.41) is 20.0. The fourth-order valence-corrected chi connectivity index (χ4v) is 5.91. The average molecular weight is 595 g/mol. The van der Waals surface area contributed by atoms with E-state index in [1.807, 2.05) is 25.2 Å². The van der Waals surface area contributed by atoms with Gasteiger partial charge in [-0.05, 0) is 68.0 Å². The van der Waals surface area contributed by atoms with Gasteiger partial charge in [-0.2, -0.15) is 13.9 Å². The molecule has 1 aromatic heterocycles. The van der Waals surface area contributed by atoms with Gasteiger partial charge in [-0.15, -0.1) is 0 Å². The highest BCUT2D eigenvalue weighted by Gasteiger charge is 2.48. The zero-order chi connectivity index (χ0) is 29.6. The summed E-state index contributed by atoms with van der Waals surface area (Å²) in [6.45, 7) is 2.64. The molecule has 0 bridgehead atoms. The lowest BCUT2D eigenvalue weighted by molar-refractivity contribution is -0.159. The highest BCUT2D eigenvalue weighted by atomic mass is 35.5. The summed E-state index contributed by atoms with van der Waals surface area (Å²) in [5.41, 5.74) is 0.774. The van der Waals surface area contributed by atoms with Crippen LogP contribution in [0, 0.1) is 0 Å². The van der Waals surface area contributed by atoms with E-state index in [1.54, 1.807) is 46.1 Å². The molecule has 4 aromatic rings. The summed E-state index contributed by atoms with van der Waals surface area (Å²) in [5.74, 6) is -4.80. The van der Waals surface area contributed by atoms with Gasteiger partial charge in [0.2, 0.25) is 0 Å². The van der Waals surface area contributed by atoms with Gasteiger partial charge in [0.1, 0.15) is 5.75 Å². The summed E-state index contributed by atoms with van der Waals surface area (Å²) in [6, 6.07) is 15.3. The van der Waals surface area contributed by atoms with E-state index in [9.17, 15) is 9.90 Å². The van der Waals surface area contributed by atoms with Crippen molar-refractivity contribution in [3.8, 4) is 16.9 Å². The largest absolute Gasteiger partial charge is 0.489 e. The van der Waals surface area contributed by atoms with Crippen molar-refractivity contribution >= 4 is 28.4 Å². The van der Waals surface area contributed by atoms with Gasteiger partial charge in [0, 0.05) is 36.7 Å². The number of aryl methyl sites for hydroxylation is 1. The number of benzene rings is 3. The average Bonchev–Trinajstić information content (AvgIpc) is 3.47. The molecule has 7 nitrogen and oxygen atoms in total. The van der Waals surface area contributed by atoms with Gasteiger partial charge in [-0.25, -0.2) is 0 Å². The third-order valence-corrected chi connectivity index (χ3v) is 8.62. The van der Waals surface area contributed by atoms with Crippen LogP contribution in [0.5, 0.6) is 5.75 Å². The topological polar surface area (TPSA) is 79.6 Å². The molecule has 0 spiro atoms. The van der Waals surface area contributed by atoms with Crippen LogP contribution in [0.15, 0.2) is 66.9 Å². The number of likely N-dealkylation sites (tertiary alicyclic amines) is 1. The van der Waals surface area contributed by atoms with E-state index >= 15 is 8.78 Å². The van der Waals surface area contributed by atoms with Gasteiger partial charge >= 0.3 is 5.92 Å². The van der Waals surface area contributed by atoms with Gasteiger partial charge in [-0.1, -0.05) is 48.0 Å². The molecular formula is C32H33ClF2N4O3. The molecule has 42 heavy (non-hydrogen) atoms. The molecule has 1 amide bonds. The van der Waals surface area contributed by atoms with E-state index in [-0.39, 0.29) is 6.10 Å². The van der Waals surface area contributed by atoms with E-state index < -0.39 is 29.2 Å². The van der Waals surface area contributed by atoms with Gasteiger partial charge in [-0.3, -0.25) is 14.4 Å². The lowest BCUT2D eigenvalue weighted by atomic mass is 9.93. The van der Waals surface area contributed by atoms with Gasteiger partial charge in [0.05, 0.1) is 28.9 Å². The third-order valence-electron chi connectivity index (χ3n) is 8.33. The van der Waals surface area contributed by atoms with Crippen LogP contribution >= 0.6 is 11.6 Å². The van der Waals surface area contributed by atoms with Crippen molar-refractivity contribution in [3.05, 3.63) is 83.0 Å². The number of hydrogen-bond acceptors (Lipinski definition) is 5. The molecule has 220 valence electrons. The fraction of sp³-hybridized carbons (Fsp3) is 0.375. The van der Waals surface area contributed by atoms with Crippen molar-refractivity contribution in [2.75, 3.05) is 13.1 Å². The summed E-state index contributed by atoms with van der Waals surface area (Å²) in [6.07, 6.45) is 5.52. The fourth-order valence-electron chi connectivity index (χ4n) is 5.69. The second kappa shape index (κ2) is 10.9. The maximum atomic E-state index is 15.5. The summed E-state index contributed by atoms with van der Waals surface area (Å²) >= 11 is 6.50. The number of halogens is 3. The number of carbonyl (C=O) groups excluding carboxylic acids is 1. The van der Waals surface area contributed by atoms with Crippen molar-refractivity contribution in [2.24, 2.45) is 7.05 Å². The zero-order valence-corrected chi connectivity index (χ0v) is 24.2. The van der Waals surface area contributed by atoms with Crippen molar-refractivity contribution in [3.63, 3.8) is 0 Å². The number of nitrogens with zero attached hydrogens (tertiary/aromatic N) is 3. The van der Waals surface area contributed by atoms with Crippen LogP contribution in [0.25, 0.3) is 22.0 Å². The first-order valence-electron chi connectivity index (χ1n) is 14.2. The van der Waals surface area contributed by atoms with E-state index in [2.05, 4.69) is 10.4 Å². The Morgan fingerprint density at radius 1 is 1.05 bits per heavy atom. The number of hydrogen-bond donors (Lipinski definition) is 2. The Kier molecular flexibility index (Phi) is 7.45. The molecule has 0 radical (unpaired) electrons. The van der Waals surface area contributed by atoms with E-state index in [4.69, 9.17) is 16.3 Å². The van der Waals surface area contributed by atoms with Crippen LogP contribution in [0.2, 0.25) is 5.02 Å². The van der Waals surface area contributed by atoms with Crippen molar-refractivity contribution in [1.29, 1.82) is 0 Å². The predicted octanol–water partition coefficient (Wildman–Crippen LogP) is 5.97. The van der Waals surface area contributed by atoms with Crippen LogP contribution < -0.4 is 10.1 Å². The van der Waals surface area contributed by atoms with Gasteiger partial charge < -0.3 is 15.2 Å². The first-order chi connectivity index (χ1) is 20.1. The monoisotopic (exact) mass is 594 g/mol. The molecule has 0 unspecified atom stereocenters. The number of alkyl halides is 2. The molecule has 2 heterocycles. The summed E-state index contributed by atoms with van der Waals surface area (Å²) < 4.78 is 38.6. The van der Waals surface area contributed by atoms with E-state index in [1.165, 1.54) is 19.1 Å². The Labute approximate surface area is 248 Å². The summed E-state index contributed by atoms with van der Waals surface area (Å²) in [7, 11) is 1.85. The first-order valence-corrected chi connectivity index (χ1v) is 14.6. The molecule has 2 aliphatic rings. The van der Waals surface area contributed by atoms with Crippen molar-refractivity contribution in [2.45, 2.75) is 56.4 Å². The van der Waals surface area contributed by atoms with Crippen molar-refractivity contribution < 1.29 is 23.4 Å². The second-order valence-corrected chi connectivity index (χ2v) is 11.7. The Bertz CT molecular complexity index is 1620. The van der Waals surface area contributed by atoms with Crippen LogP contribution in [-0.2, 0) is 23.5 Å². The van der Waals surface area contributed by atoms with Crippen LogP contribution in [0.1, 0.15) is 43.7 Å². The maximum absolute atomic E-state index is 15.5. The second-order valence-electron chi connectivity index (χ2n) is 11.3. The first kappa shape index (κ1) is 28.6. The van der Waals surface area contributed by atoms with Gasteiger partial charge in [0.25, 0.3) is 5.91 Å². The Balaban J connectivity index is 1.22. The molecule has 3 aromatic carbocycles.